The first kappa shape index (κ1) is 16.4. The van der Waals surface area contributed by atoms with Crippen LogP contribution >= 0.6 is 0 Å². The van der Waals surface area contributed by atoms with Crippen LogP contribution in [0.2, 0.25) is 0 Å². The Kier molecular flexibility index (Phi) is 4.48. The molecule has 24 heavy (non-hydrogen) atoms. The highest BCUT2D eigenvalue weighted by Crippen LogP contribution is 2.24. The van der Waals surface area contributed by atoms with Crippen LogP contribution in [-0.2, 0) is 17.8 Å². The number of hydrogen-bond donors (Lipinski definition) is 2. The molecule has 3 rings (SSSR count). The number of anilines is 2. The molecule has 1 aliphatic heterocycles. The van der Waals surface area contributed by atoms with Crippen LogP contribution in [-0.4, -0.2) is 58.2 Å². The van der Waals surface area contributed by atoms with E-state index in [2.05, 4.69) is 30.4 Å². The first-order valence-electron chi connectivity index (χ1n) is 7.99. The van der Waals surface area contributed by atoms with E-state index >= 15 is 0 Å². The van der Waals surface area contributed by atoms with Crippen LogP contribution < -0.4 is 10.2 Å². The molecule has 0 radical (unpaired) electrons. The van der Waals surface area contributed by atoms with Crippen molar-refractivity contribution in [2.24, 2.45) is 0 Å². The molecule has 0 aromatic carbocycles. The van der Waals surface area contributed by atoms with Crippen molar-refractivity contribution >= 4 is 17.4 Å². The van der Waals surface area contributed by atoms with Gasteiger partial charge in [0.05, 0.1) is 29.3 Å². The summed E-state index contributed by atoms with van der Waals surface area (Å²) in [6, 6.07) is 0. The number of nitrogens with one attached hydrogen (secondary N) is 2. The van der Waals surface area contributed by atoms with Gasteiger partial charge in [-0.3, -0.25) is 14.8 Å². The second-order valence-corrected chi connectivity index (χ2v) is 6.33. The van der Waals surface area contributed by atoms with E-state index in [1.54, 1.807) is 6.33 Å². The zero-order valence-electron chi connectivity index (χ0n) is 14.6. The zero-order valence-corrected chi connectivity index (χ0v) is 14.6. The molecule has 128 valence electrons. The van der Waals surface area contributed by atoms with E-state index in [-0.39, 0.29) is 5.91 Å². The van der Waals surface area contributed by atoms with Gasteiger partial charge in [-0.15, -0.1) is 0 Å². The van der Waals surface area contributed by atoms with Gasteiger partial charge in [-0.2, -0.15) is 5.10 Å². The predicted octanol–water partition coefficient (Wildman–Crippen LogP) is 0.879. The fraction of sp³-hybridized carbons (Fsp3) is 0.500. The van der Waals surface area contributed by atoms with Crippen LogP contribution in [0.15, 0.2) is 6.33 Å². The van der Waals surface area contributed by atoms with Crippen molar-refractivity contribution in [3.05, 3.63) is 29.0 Å². The summed E-state index contributed by atoms with van der Waals surface area (Å²) in [4.78, 5) is 25.2. The average molecular weight is 329 g/mol. The SMILES string of the molecule is Cc1n[nH]c(C)c1NC(=O)CN1CCc2ncnc(N(C)C)c2C1. The van der Waals surface area contributed by atoms with Gasteiger partial charge in [-0.25, -0.2) is 9.97 Å². The molecule has 8 heteroatoms. The van der Waals surface area contributed by atoms with Gasteiger partial charge in [0, 0.05) is 39.2 Å². The maximum atomic E-state index is 12.4. The third-order valence-electron chi connectivity index (χ3n) is 4.24. The van der Waals surface area contributed by atoms with Crippen LogP contribution in [0.1, 0.15) is 22.6 Å². The van der Waals surface area contributed by atoms with Crippen LogP contribution in [0.3, 0.4) is 0 Å². The molecule has 0 atom stereocenters. The molecule has 3 heterocycles. The number of amides is 1. The highest BCUT2D eigenvalue weighted by molar-refractivity contribution is 5.93. The van der Waals surface area contributed by atoms with Gasteiger partial charge in [-0.1, -0.05) is 0 Å². The Labute approximate surface area is 141 Å². The zero-order chi connectivity index (χ0) is 17.3. The lowest BCUT2D eigenvalue weighted by atomic mass is 10.1. The van der Waals surface area contributed by atoms with Crippen molar-refractivity contribution in [1.29, 1.82) is 0 Å². The lowest BCUT2D eigenvalue weighted by Crippen LogP contribution is -2.38. The van der Waals surface area contributed by atoms with Crippen molar-refractivity contribution in [2.75, 3.05) is 37.4 Å². The lowest BCUT2D eigenvalue weighted by molar-refractivity contribution is -0.117. The fourth-order valence-electron chi connectivity index (χ4n) is 3.02. The van der Waals surface area contributed by atoms with Gasteiger partial charge < -0.3 is 10.2 Å². The molecule has 0 fully saturated rings. The van der Waals surface area contributed by atoms with E-state index in [9.17, 15) is 4.79 Å². The van der Waals surface area contributed by atoms with Gasteiger partial charge >= 0.3 is 0 Å². The Morgan fingerprint density at radius 2 is 2.17 bits per heavy atom. The fourth-order valence-corrected chi connectivity index (χ4v) is 3.02. The molecule has 0 saturated heterocycles. The minimum atomic E-state index is -0.0331. The molecule has 2 aromatic heterocycles. The summed E-state index contributed by atoms with van der Waals surface area (Å²) in [6.07, 6.45) is 2.44. The second-order valence-electron chi connectivity index (χ2n) is 6.33. The number of H-pyrrole nitrogens is 1. The van der Waals surface area contributed by atoms with Crippen molar-refractivity contribution in [2.45, 2.75) is 26.8 Å². The van der Waals surface area contributed by atoms with Crippen LogP contribution in [0, 0.1) is 13.8 Å². The molecule has 1 aliphatic rings. The standard InChI is InChI=1S/C16H23N7O/c1-10-15(11(2)21-20-10)19-14(24)8-23-6-5-13-12(7-23)16(22(3)4)18-9-17-13/h9H,5-8H2,1-4H3,(H,19,24)(H,20,21). The van der Waals surface area contributed by atoms with Crippen molar-refractivity contribution in [3.63, 3.8) is 0 Å². The smallest absolute Gasteiger partial charge is 0.238 e. The lowest BCUT2D eigenvalue weighted by Gasteiger charge is -2.29. The number of aryl methyl sites for hydroxylation is 2. The summed E-state index contributed by atoms with van der Waals surface area (Å²) in [6.45, 7) is 5.60. The Morgan fingerprint density at radius 1 is 1.38 bits per heavy atom. The van der Waals surface area contributed by atoms with Crippen molar-refractivity contribution in [1.82, 2.24) is 25.1 Å². The number of aromatic nitrogens is 4. The summed E-state index contributed by atoms with van der Waals surface area (Å²) in [5.74, 6) is 0.890. The molecule has 0 bridgehead atoms. The van der Waals surface area contributed by atoms with Crippen molar-refractivity contribution < 1.29 is 4.79 Å². The summed E-state index contributed by atoms with van der Waals surface area (Å²) in [7, 11) is 3.94. The Hall–Kier alpha value is -2.48. The topological polar surface area (TPSA) is 90.0 Å². The number of fused-ring (bicyclic) bond motifs is 1. The molecule has 2 N–H and O–H groups in total. The molecular formula is C16H23N7O. The molecular weight excluding hydrogens is 306 g/mol. The molecule has 0 aliphatic carbocycles. The maximum absolute atomic E-state index is 12.4. The first-order chi connectivity index (χ1) is 11.5. The maximum Gasteiger partial charge on any atom is 0.238 e. The van der Waals surface area contributed by atoms with E-state index in [0.717, 1.165) is 47.1 Å². The molecule has 1 amide bonds. The van der Waals surface area contributed by atoms with Gasteiger partial charge in [0.15, 0.2) is 0 Å². The number of nitrogens with zero attached hydrogens (tertiary/aromatic N) is 5. The van der Waals surface area contributed by atoms with Crippen LogP contribution in [0.25, 0.3) is 0 Å². The molecule has 2 aromatic rings. The van der Waals surface area contributed by atoms with Gasteiger partial charge in [-0.05, 0) is 13.8 Å². The number of rotatable bonds is 4. The molecule has 0 unspecified atom stereocenters. The minimum absolute atomic E-state index is 0.0331. The summed E-state index contributed by atoms with van der Waals surface area (Å²) in [5, 5.41) is 9.93. The highest BCUT2D eigenvalue weighted by atomic mass is 16.2. The first-order valence-corrected chi connectivity index (χ1v) is 7.99. The van der Waals surface area contributed by atoms with E-state index in [0.29, 0.717) is 13.1 Å². The van der Waals surface area contributed by atoms with E-state index in [4.69, 9.17) is 0 Å². The molecule has 0 saturated carbocycles. The summed E-state index contributed by atoms with van der Waals surface area (Å²) < 4.78 is 0. The number of carbonyl (C=O) groups excluding carboxylic acids is 1. The molecule has 0 spiro atoms. The van der Waals surface area contributed by atoms with Crippen LogP contribution in [0.4, 0.5) is 11.5 Å². The average Bonchev–Trinajstić information content (AvgIpc) is 2.86. The van der Waals surface area contributed by atoms with E-state index < -0.39 is 0 Å². The monoisotopic (exact) mass is 329 g/mol. The number of carbonyl (C=O) groups is 1. The summed E-state index contributed by atoms with van der Waals surface area (Å²) in [5.41, 5.74) is 4.63. The number of hydrogen-bond acceptors (Lipinski definition) is 6. The second kappa shape index (κ2) is 6.56. The van der Waals surface area contributed by atoms with E-state index in [1.165, 1.54) is 0 Å². The quantitative estimate of drug-likeness (QED) is 0.865. The molecule has 8 nitrogen and oxygen atoms in total. The predicted molar refractivity (Wildman–Crippen MR) is 92.0 cm³/mol. The van der Waals surface area contributed by atoms with Crippen molar-refractivity contribution in [3.8, 4) is 0 Å². The van der Waals surface area contributed by atoms with E-state index in [1.807, 2.05) is 32.8 Å². The third-order valence-corrected chi connectivity index (χ3v) is 4.24. The summed E-state index contributed by atoms with van der Waals surface area (Å²) >= 11 is 0. The third kappa shape index (κ3) is 3.23. The van der Waals surface area contributed by atoms with Gasteiger partial charge in [0.1, 0.15) is 12.1 Å². The Balaban J connectivity index is 1.69. The van der Waals surface area contributed by atoms with Crippen LogP contribution in [0.5, 0.6) is 0 Å². The highest BCUT2D eigenvalue weighted by Gasteiger charge is 2.23. The van der Waals surface area contributed by atoms with Gasteiger partial charge in [0.25, 0.3) is 0 Å². The minimum Gasteiger partial charge on any atom is -0.362 e. The number of aromatic amines is 1. The normalized spacial score (nSPS) is 14.3. The Bertz CT molecular complexity index is 733. The Morgan fingerprint density at radius 3 is 2.83 bits per heavy atom. The largest absolute Gasteiger partial charge is 0.362 e. The van der Waals surface area contributed by atoms with Gasteiger partial charge in [0.2, 0.25) is 5.91 Å².